The Morgan fingerprint density at radius 1 is 1.25 bits per heavy atom. The topological polar surface area (TPSA) is 59.5 Å². The maximum atomic E-state index is 12.8. The second-order valence-corrected chi connectivity index (χ2v) is 7.26. The van der Waals surface area contributed by atoms with E-state index in [-0.39, 0.29) is 17.6 Å². The van der Waals surface area contributed by atoms with Gasteiger partial charge >= 0.3 is 0 Å². The average Bonchev–Trinajstić information content (AvgIpc) is 3.45. The second kappa shape index (κ2) is 6.26. The average molecular weight is 389 g/mol. The number of rotatable bonds is 3. The van der Waals surface area contributed by atoms with Crippen LogP contribution in [0, 0.1) is 5.92 Å². The molecule has 2 aromatic rings. The van der Waals surface area contributed by atoms with Crippen LogP contribution in [-0.2, 0) is 9.53 Å². The van der Waals surface area contributed by atoms with E-state index in [1.165, 1.54) is 0 Å². The smallest absolute Gasteiger partial charge is 0.255 e. The molecule has 4 rings (SSSR count). The number of halogens is 1. The SMILES string of the molecule is O=C(C1CC1)C1CN(C(=O)c2cnc3ccc(Br)cc3c2)CCO1. The van der Waals surface area contributed by atoms with Crippen molar-refractivity contribution in [3.05, 3.63) is 40.5 Å². The Balaban J connectivity index is 1.55. The van der Waals surface area contributed by atoms with Gasteiger partial charge in [0.25, 0.3) is 5.91 Å². The van der Waals surface area contributed by atoms with E-state index >= 15 is 0 Å². The number of benzene rings is 1. The second-order valence-electron chi connectivity index (χ2n) is 6.35. The minimum absolute atomic E-state index is 0.0960. The Morgan fingerprint density at radius 3 is 2.88 bits per heavy atom. The van der Waals surface area contributed by atoms with Gasteiger partial charge in [-0.15, -0.1) is 0 Å². The zero-order chi connectivity index (χ0) is 16.7. The number of carbonyl (C=O) groups excluding carboxylic acids is 2. The number of ether oxygens (including phenoxy) is 1. The van der Waals surface area contributed by atoms with Crippen molar-refractivity contribution in [2.45, 2.75) is 18.9 Å². The van der Waals surface area contributed by atoms with Gasteiger partial charge < -0.3 is 9.64 Å². The summed E-state index contributed by atoms with van der Waals surface area (Å²) in [5.41, 5.74) is 1.39. The van der Waals surface area contributed by atoms with Gasteiger partial charge in [-0.1, -0.05) is 15.9 Å². The third-order valence-corrected chi connectivity index (χ3v) is 5.03. The molecule has 1 amide bonds. The first-order valence-corrected chi connectivity index (χ1v) is 8.91. The van der Waals surface area contributed by atoms with Crippen LogP contribution in [0.5, 0.6) is 0 Å². The van der Waals surface area contributed by atoms with Gasteiger partial charge in [0.1, 0.15) is 6.10 Å². The highest BCUT2D eigenvalue weighted by Crippen LogP contribution is 2.32. The molecule has 1 atom stereocenters. The molecule has 1 unspecified atom stereocenters. The summed E-state index contributed by atoms with van der Waals surface area (Å²) < 4.78 is 6.53. The summed E-state index contributed by atoms with van der Waals surface area (Å²) >= 11 is 3.44. The van der Waals surface area contributed by atoms with Gasteiger partial charge in [-0.05, 0) is 37.1 Å². The van der Waals surface area contributed by atoms with Gasteiger partial charge in [0.2, 0.25) is 0 Å². The fourth-order valence-electron chi connectivity index (χ4n) is 3.04. The van der Waals surface area contributed by atoms with Crippen molar-refractivity contribution < 1.29 is 14.3 Å². The van der Waals surface area contributed by atoms with Gasteiger partial charge in [0.05, 0.1) is 24.2 Å². The van der Waals surface area contributed by atoms with E-state index in [4.69, 9.17) is 4.74 Å². The highest BCUT2D eigenvalue weighted by molar-refractivity contribution is 9.10. The largest absolute Gasteiger partial charge is 0.367 e. The summed E-state index contributed by atoms with van der Waals surface area (Å²) in [6.45, 7) is 1.25. The van der Waals surface area contributed by atoms with Crippen molar-refractivity contribution in [1.29, 1.82) is 0 Å². The summed E-state index contributed by atoms with van der Waals surface area (Å²) in [5, 5.41) is 0.911. The molecular formula is C18H17BrN2O3. The van der Waals surface area contributed by atoms with Crippen LogP contribution in [0.15, 0.2) is 34.9 Å². The van der Waals surface area contributed by atoms with E-state index in [0.29, 0.717) is 25.3 Å². The van der Waals surface area contributed by atoms with Crippen LogP contribution in [0.2, 0.25) is 0 Å². The van der Waals surface area contributed by atoms with Gasteiger partial charge in [0, 0.05) is 28.5 Å². The number of morpholine rings is 1. The van der Waals surface area contributed by atoms with E-state index in [9.17, 15) is 9.59 Å². The van der Waals surface area contributed by atoms with E-state index in [0.717, 1.165) is 28.2 Å². The number of hydrogen-bond donors (Lipinski definition) is 0. The number of amides is 1. The fraction of sp³-hybridized carbons (Fsp3) is 0.389. The monoisotopic (exact) mass is 388 g/mol. The number of fused-ring (bicyclic) bond motifs is 1. The van der Waals surface area contributed by atoms with Gasteiger partial charge in [-0.25, -0.2) is 0 Å². The van der Waals surface area contributed by atoms with Crippen LogP contribution in [0.3, 0.4) is 0 Å². The first kappa shape index (κ1) is 15.7. The third-order valence-electron chi connectivity index (χ3n) is 4.54. The molecule has 0 N–H and O–H groups in total. The number of carbonyl (C=O) groups is 2. The van der Waals surface area contributed by atoms with Crippen LogP contribution in [0.25, 0.3) is 10.9 Å². The summed E-state index contributed by atoms with van der Waals surface area (Å²) in [7, 11) is 0. The fourth-order valence-corrected chi connectivity index (χ4v) is 3.42. The molecule has 24 heavy (non-hydrogen) atoms. The number of pyridine rings is 1. The molecule has 0 spiro atoms. The molecule has 0 radical (unpaired) electrons. The van der Waals surface area contributed by atoms with Crippen LogP contribution < -0.4 is 0 Å². The summed E-state index contributed by atoms with van der Waals surface area (Å²) in [4.78, 5) is 31.1. The lowest BCUT2D eigenvalue weighted by molar-refractivity contribution is -0.136. The lowest BCUT2D eigenvalue weighted by Gasteiger charge is -2.32. The molecule has 1 saturated carbocycles. The summed E-state index contributed by atoms with van der Waals surface area (Å²) in [6, 6.07) is 7.63. The van der Waals surface area contributed by atoms with Crippen molar-refractivity contribution in [2.75, 3.05) is 19.7 Å². The van der Waals surface area contributed by atoms with Crippen molar-refractivity contribution in [3.63, 3.8) is 0 Å². The lowest BCUT2D eigenvalue weighted by atomic mass is 10.1. The molecule has 5 nitrogen and oxygen atoms in total. The van der Waals surface area contributed by atoms with Gasteiger partial charge in [0.15, 0.2) is 5.78 Å². The third kappa shape index (κ3) is 3.08. The standard InChI is InChI=1S/C18H17BrN2O3/c19-14-3-4-15-12(8-14)7-13(9-20-15)18(23)21-5-6-24-16(10-21)17(22)11-1-2-11/h3-4,7-9,11,16H,1-2,5-6,10H2. The molecule has 2 fully saturated rings. The van der Waals surface area contributed by atoms with Crippen LogP contribution in [0.4, 0.5) is 0 Å². The molecule has 2 aliphatic rings. The molecule has 0 bridgehead atoms. The predicted octanol–water partition coefficient (Wildman–Crippen LogP) is 2.82. The summed E-state index contributed by atoms with van der Waals surface area (Å²) in [6.07, 6.45) is 3.04. The number of aromatic nitrogens is 1. The Hall–Kier alpha value is -1.79. The molecule has 1 saturated heterocycles. The Bertz CT molecular complexity index is 819. The van der Waals surface area contributed by atoms with Crippen molar-refractivity contribution in [1.82, 2.24) is 9.88 Å². The van der Waals surface area contributed by atoms with E-state index in [2.05, 4.69) is 20.9 Å². The normalized spacial score (nSPS) is 21.0. The predicted molar refractivity (Wildman–Crippen MR) is 92.8 cm³/mol. The Kier molecular flexibility index (Phi) is 4.10. The highest BCUT2D eigenvalue weighted by atomic mass is 79.9. The van der Waals surface area contributed by atoms with E-state index in [1.807, 2.05) is 24.3 Å². The van der Waals surface area contributed by atoms with Crippen molar-refractivity contribution >= 4 is 38.5 Å². The molecular weight excluding hydrogens is 372 g/mol. The first-order valence-electron chi connectivity index (χ1n) is 8.12. The Morgan fingerprint density at radius 2 is 2.08 bits per heavy atom. The highest BCUT2D eigenvalue weighted by Gasteiger charge is 2.38. The number of ketones is 1. The minimum Gasteiger partial charge on any atom is -0.367 e. The minimum atomic E-state index is -0.474. The quantitative estimate of drug-likeness (QED) is 0.810. The zero-order valence-corrected chi connectivity index (χ0v) is 14.7. The molecule has 6 heteroatoms. The Labute approximate surface area is 148 Å². The molecule has 124 valence electrons. The van der Waals surface area contributed by atoms with Crippen LogP contribution >= 0.6 is 15.9 Å². The first-order chi connectivity index (χ1) is 11.6. The van der Waals surface area contributed by atoms with Crippen LogP contribution in [0.1, 0.15) is 23.2 Å². The maximum absolute atomic E-state index is 12.8. The van der Waals surface area contributed by atoms with Crippen molar-refractivity contribution in [2.24, 2.45) is 5.92 Å². The molecule has 1 aromatic carbocycles. The zero-order valence-electron chi connectivity index (χ0n) is 13.1. The lowest BCUT2D eigenvalue weighted by Crippen LogP contribution is -2.49. The van der Waals surface area contributed by atoms with Crippen LogP contribution in [-0.4, -0.2) is 47.4 Å². The van der Waals surface area contributed by atoms with E-state index < -0.39 is 6.10 Å². The van der Waals surface area contributed by atoms with Gasteiger partial charge in [-0.2, -0.15) is 0 Å². The number of hydrogen-bond acceptors (Lipinski definition) is 4. The molecule has 2 heterocycles. The maximum Gasteiger partial charge on any atom is 0.255 e. The van der Waals surface area contributed by atoms with Gasteiger partial charge in [-0.3, -0.25) is 14.6 Å². The van der Waals surface area contributed by atoms with Crippen molar-refractivity contribution in [3.8, 4) is 0 Å². The summed E-state index contributed by atoms with van der Waals surface area (Å²) in [5.74, 6) is 0.194. The number of Topliss-reactive ketones (excluding diaryl/α,β-unsaturated/α-hetero) is 1. The molecule has 1 aromatic heterocycles. The van der Waals surface area contributed by atoms with E-state index in [1.54, 1.807) is 11.1 Å². The molecule has 1 aliphatic heterocycles. The number of nitrogens with zero attached hydrogens (tertiary/aromatic N) is 2. The molecule has 1 aliphatic carbocycles.